The SMILES string of the molecule is CC(CNC(C)(C)C)Sc1cnn(C)c1. The van der Waals surface area contributed by atoms with Crippen LogP contribution in [0.25, 0.3) is 0 Å². The zero-order valence-electron chi connectivity index (χ0n) is 10.2. The van der Waals surface area contributed by atoms with Crippen molar-refractivity contribution >= 4 is 11.8 Å². The highest BCUT2D eigenvalue weighted by molar-refractivity contribution is 8.00. The van der Waals surface area contributed by atoms with Gasteiger partial charge in [-0.15, -0.1) is 11.8 Å². The normalized spacial score (nSPS) is 14.2. The lowest BCUT2D eigenvalue weighted by molar-refractivity contribution is 0.429. The molecule has 86 valence electrons. The number of nitrogens with zero attached hydrogens (tertiary/aromatic N) is 2. The highest BCUT2D eigenvalue weighted by atomic mass is 32.2. The van der Waals surface area contributed by atoms with Crippen LogP contribution in [-0.2, 0) is 7.05 Å². The molecule has 0 saturated heterocycles. The lowest BCUT2D eigenvalue weighted by Gasteiger charge is -2.22. The minimum atomic E-state index is 0.198. The molecule has 0 saturated carbocycles. The molecule has 1 aromatic heterocycles. The van der Waals surface area contributed by atoms with Gasteiger partial charge < -0.3 is 5.32 Å². The van der Waals surface area contributed by atoms with Gasteiger partial charge in [-0.3, -0.25) is 4.68 Å². The fraction of sp³-hybridized carbons (Fsp3) is 0.727. The van der Waals surface area contributed by atoms with Crippen molar-refractivity contribution in [1.29, 1.82) is 0 Å². The molecule has 0 aliphatic carbocycles. The molecule has 1 unspecified atom stereocenters. The summed E-state index contributed by atoms with van der Waals surface area (Å²) in [5.41, 5.74) is 0.198. The summed E-state index contributed by atoms with van der Waals surface area (Å²) in [6.07, 6.45) is 3.97. The second kappa shape index (κ2) is 5.03. The van der Waals surface area contributed by atoms with Crippen molar-refractivity contribution in [3.05, 3.63) is 12.4 Å². The maximum Gasteiger partial charge on any atom is 0.0625 e. The van der Waals surface area contributed by atoms with Crippen molar-refractivity contribution in [1.82, 2.24) is 15.1 Å². The number of thioether (sulfide) groups is 1. The molecule has 0 radical (unpaired) electrons. The van der Waals surface area contributed by atoms with Gasteiger partial charge in [0.25, 0.3) is 0 Å². The summed E-state index contributed by atoms with van der Waals surface area (Å²) in [5, 5.41) is 8.22. The molecule has 0 aromatic carbocycles. The quantitative estimate of drug-likeness (QED) is 0.800. The smallest absolute Gasteiger partial charge is 0.0625 e. The number of hydrogen-bond acceptors (Lipinski definition) is 3. The Bertz CT molecular complexity index is 301. The van der Waals surface area contributed by atoms with E-state index in [0.717, 1.165) is 6.54 Å². The van der Waals surface area contributed by atoms with Gasteiger partial charge in [0.2, 0.25) is 0 Å². The van der Waals surface area contributed by atoms with Gasteiger partial charge in [-0.2, -0.15) is 5.10 Å². The monoisotopic (exact) mass is 227 g/mol. The Kier molecular flexibility index (Phi) is 4.22. The lowest BCUT2D eigenvalue weighted by atomic mass is 10.1. The van der Waals surface area contributed by atoms with Crippen LogP contribution in [0.3, 0.4) is 0 Å². The fourth-order valence-electron chi connectivity index (χ4n) is 1.18. The zero-order chi connectivity index (χ0) is 11.5. The summed E-state index contributed by atoms with van der Waals surface area (Å²) in [7, 11) is 1.95. The van der Waals surface area contributed by atoms with E-state index in [4.69, 9.17) is 0 Å². The van der Waals surface area contributed by atoms with Crippen molar-refractivity contribution in [3.63, 3.8) is 0 Å². The minimum Gasteiger partial charge on any atom is -0.311 e. The summed E-state index contributed by atoms with van der Waals surface area (Å²) in [6.45, 7) is 9.82. The van der Waals surface area contributed by atoms with Crippen LogP contribution >= 0.6 is 11.8 Å². The predicted octanol–water partition coefficient (Wildman–Crippen LogP) is 2.29. The molecule has 0 aliphatic heterocycles. The Morgan fingerprint density at radius 1 is 1.53 bits per heavy atom. The molecule has 1 heterocycles. The Morgan fingerprint density at radius 2 is 2.20 bits per heavy atom. The second-order valence-electron chi connectivity index (χ2n) is 4.91. The fourth-order valence-corrected chi connectivity index (χ4v) is 2.14. The summed E-state index contributed by atoms with van der Waals surface area (Å²) in [4.78, 5) is 1.24. The van der Waals surface area contributed by atoms with E-state index in [0.29, 0.717) is 5.25 Å². The van der Waals surface area contributed by atoms with Crippen LogP contribution in [0.5, 0.6) is 0 Å². The van der Waals surface area contributed by atoms with Gasteiger partial charge >= 0.3 is 0 Å². The van der Waals surface area contributed by atoms with Crippen LogP contribution in [0.4, 0.5) is 0 Å². The van der Waals surface area contributed by atoms with Gasteiger partial charge in [0.05, 0.1) is 6.20 Å². The molecular formula is C11H21N3S. The Labute approximate surface area is 96.6 Å². The first kappa shape index (κ1) is 12.6. The standard InChI is InChI=1S/C11H21N3S/c1-9(6-12-11(2,3)4)15-10-7-13-14(5)8-10/h7-9,12H,6H2,1-5H3. The minimum absolute atomic E-state index is 0.198. The molecule has 15 heavy (non-hydrogen) atoms. The first-order chi connectivity index (χ1) is 6.87. The maximum atomic E-state index is 4.15. The number of nitrogens with one attached hydrogen (secondary N) is 1. The van der Waals surface area contributed by atoms with Crippen molar-refractivity contribution < 1.29 is 0 Å². The van der Waals surface area contributed by atoms with Gasteiger partial charge in [0.15, 0.2) is 0 Å². The summed E-state index contributed by atoms with van der Waals surface area (Å²) in [5.74, 6) is 0. The van der Waals surface area contributed by atoms with E-state index in [2.05, 4.69) is 44.3 Å². The van der Waals surface area contributed by atoms with E-state index in [1.54, 1.807) is 0 Å². The molecule has 0 bridgehead atoms. The Hall–Kier alpha value is -0.480. The van der Waals surface area contributed by atoms with Gasteiger partial charge in [0.1, 0.15) is 0 Å². The molecule has 0 fully saturated rings. The summed E-state index contributed by atoms with van der Waals surface area (Å²) in [6, 6.07) is 0. The summed E-state index contributed by atoms with van der Waals surface area (Å²) < 4.78 is 1.84. The highest BCUT2D eigenvalue weighted by Crippen LogP contribution is 2.21. The number of aromatic nitrogens is 2. The van der Waals surface area contributed by atoms with Crippen LogP contribution in [-0.4, -0.2) is 27.1 Å². The van der Waals surface area contributed by atoms with E-state index in [1.807, 2.05) is 29.7 Å². The van der Waals surface area contributed by atoms with Gasteiger partial charge in [-0.25, -0.2) is 0 Å². The van der Waals surface area contributed by atoms with E-state index in [1.165, 1.54) is 4.90 Å². The van der Waals surface area contributed by atoms with Gasteiger partial charge in [-0.1, -0.05) is 6.92 Å². The lowest BCUT2D eigenvalue weighted by Crippen LogP contribution is -2.39. The van der Waals surface area contributed by atoms with Crippen LogP contribution in [0, 0.1) is 0 Å². The van der Waals surface area contributed by atoms with Crippen LogP contribution in [0.15, 0.2) is 17.3 Å². The van der Waals surface area contributed by atoms with Crippen molar-refractivity contribution in [2.75, 3.05) is 6.54 Å². The van der Waals surface area contributed by atoms with Crippen LogP contribution < -0.4 is 5.32 Å². The van der Waals surface area contributed by atoms with Crippen LogP contribution in [0.2, 0.25) is 0 Å². The molecule has 0 aliphatic rings. The maximum absolute atomic E-state index is 4.15. The average molecular weight is 227 g/mol. The molecule has 1 rings (SSSR count). The van der Waals surface area contributed by atoms with Gasteiger partial charge in [-0.05, 0) is 20.8 Å². The molecule has 0 amide bonds. The predicted molar refractivity (Wildman–Crippen MR) is 66.3 cm³/mol. The first-order valence-electron chi connectivity index (χ1n) is 5.27. The van der Waals surface area contributed by atoms with Crippen molar-refractivity contribution in [2.24, 2.45) is 7.05 Å². The molecule has 1 atom stereocenters. The van der Waals surface area contributed by atoms with E-state index in [9.17, 15) is 0 Å². The molecular weight excluding hydrogens is 206 g/mol. The average Bonchev–Trinajstić information content (AvgIpc) is 2.47. The molecule has 1 aromatic rings. The molecule has 0 spiro atoms. The summed E-state index contributed by atoms with van der Waals surface area (Å²) >= 11 is 1.86. The third-order valence-electron chi connectivity index (χ3n) is 1.94. The topological polar surface area (TPSA) is 29.9 Å². The number of hydrogen-bond donors (Lipinski definition) is 1. The molecule has 3 nitrogen and oxygen atoms in total. The van der Waals surface area contributed by atoms with E-state index < -0.39 is 0 Å². The number of rotatable bonds is 4. The van der Waals surface area contributed by atoms with Gasteiger partial charge in [0, 0.05) is 35.5 Å². The second-order valence-corrected chi connectivity index (χ2v) is 6.42. The largest absolute Gasteiger partial charge is 0.311 e. The number of aryl methyl sites for hydroxylation is 1. The Balaban J connectivity index is 2.33. The van der Waals surface area contributed by atoms with Crippen molar-refractivity contribution in [3.8, 4) is 0 Å². The Morgan fingerprint density at radius 3 is 2.67 bits per heavy atom. The first-order valence-corrected chi connectivity index (χ1v) is 6.15. The van der Waals surface area contributed by atoms with Crippen LogP contribution in [0.1, 0.15) is 27.7 Å². The molecule has 4 heteroatoms. The van der Waals surface area contributed by atoms with Crippen molar-refractivity contribution in [2.45, 2.75) is 43.4 Å². The third kappa shape index (κ3) is 5.23. The highest BCUT2D eigenvalue weighted by Gasteiger charge is 2.12. The third-order valence-corrected chi connectivity index (χ3v) is 2.99. The van der Waals surface area contributed by atoms with E-state index >= 15 is 0 Å². The zero-order valence-corrected chi connectivity index (χ0v) is 11.1. The van der Waals surface area contributed by atoms with E-state index in [-0.39, 0.29) is 5.54 Å². The molecule has 1 N–H and O–H groups in total.